The largest absolute Gasteiger partial charge is 0.334 e. The number of carbonyl (C=O) groups excluding carboxylic acids is 1. The van der Waals surface area contributed by atoms with Crippen molar-refractivity contribution in [2.24, 2.45) is 0 Å². The van der Waals surface area contributed by atoms with Gasteiger partial charge in [-0.25, -0.2) is 0 Å². The molecule has 0 saturated carbocycles. The fraction of sp³-hybridized carbons (Fsp3) is 0.182. The minimum absolute atomic E-state index is 0.0269. The minimum atomic E-state index is -0.262. The van der Waals surface area contributed by atoms with Crippen LogP contribution in [0.1, 0.15) is 32.9 Å². The minimum Gasteiger partial charge on any atom is -0.334 e. The van der Waals surface area contributed by atoms with Crippen LogP contribution in [0.2, 0.25) is 0 Å². The van der Waals surface area contributed by atoms with Gasteiger partial charge in [-0.2, -0.15) is 5.10 Å². The first-order valence-corrected chi connectivity index (χ1v) is 8.95. The molecule has 0 atom stereocenters. The molecule has 1 aliphatic heterocycles. The lowest BCUT2D eigenvalue weighted by molar-refractivity contribution is 0.0880. The van der Waals surface area contributed by atoms with Crippen molar-refractivity contribution >= 4 is 12.0 Å². The highest BCUT2D eigenvalue weighted by atomic mass is 16.2. The van der Waals surface area contributed by atoms with Crippen molar-refractivity contribution in [1.82, 2.24) is 15.1 Å². The quantitative estimate of drug-likeness (QED) is 0.742. The number of benzene rings is 2. The second-order valence-corrected chi connectivity index (χ2v) is 6.97. The predicted octanol–water partition coefficient (Wildman–Crippen LogP) is 3.42. The summed E-state index contributed by atoms with van der Waals surface area (Å²) in [6.07, 6.45) is 5.06. The highest BCUT2D eigenvalue weighted by Crippen LogP contribution is 2.41. The van der Waals surface area contributed by atoms with Crippen LogP contribution in [0.4, 0.5) is 0 Å². The average molecular weight is 341 g/mol. The monoisotopic (exact) mass is 341 g/mol. The summed E-state index contributed by atoms with van der Waals surface area (Å²) in [5.74, 6) is 0.0269. The number of nitrogens with zero attached hydrogens (tertiary/aromatic N) is 2. The topological polar surface area (TPSA) is 48.8 Å². The van der Waals surface area contributed by atoms with E-state index in [-0.39, 0.29) is 11.3 Å². The van der Waals surface area contributed by atoms with Crippen molar-refractivity contribution in [3.05, 3.63) is 94.8 Å². The summed E-state index contributed by atoms with van der Waals surface area (Å²) in [6, 6.07) is 21.0. The Hall–Kier alpha value is -3.14. The number of rotatable bonds is 3. The van der Waals surface area contributed by atoms with Crippen molar-refractivity contribution in [1.29, 1.82) is 0 Å². The van der Waals surface area contributed by atoms with E-state index in [0.29, 0.717) is 5.69 Å². The Bertz CT molecular complexity index is 945. The average Bonchev–Trinajstić information content (AvgIpc) is 3.48. The molecule has 2 aromatic carbocycles. The van der Waals surface area contributed by atoms with Crippen LogP contribution in [0.3, 0.4) is 0 Å². The van der Waals surface area contributed by atoms with Crippen molar-refractivity contribution in [2.45, 2.75) is 11.8 Å². The maximum absolute atomic E-state index is 12.5. The van der Waals surface area contributed by atoms with Gasteiger partial charge in [0.1, 0.15) is 0 Å². The van der Waals surface area contributed by atoms with Gasteiger partial charge >= 0.3 is 0 Å². The summed E-state index contributed by atoms with van der Waals surface area (Å²) in [5, 5.41) is 7.48. The Labute approximate surface area is 152 Å². The zero-order valence-corrected chi connectivity index (χ0v) is 14.4. The number of amides is 1. The number of carbonyl (C=O) groups is 1. The number of nitrogens with one attached hydrogen (secondary N) is 1. The Balaban J connectivity index is 1.63. The molecular formula is C22H19N3O. The van der Waals surface area contributed by atoms with Gasteiger partial charge in [0.2, 0.25) is 0 Å². The van der Waals surface area contributed by atoms with Crippen molar-refractivity contribution in [3.63, 3.8) is 0 Å². The molecule has 128 valence electrons. The van der Waals surface area contributed by atoms with Gasteiger partial charge in [-0.15, -0.1) is 0 Å². The van der Waals surface area contributed by atoms with Crippen LogP contribution in [-0.2, 0) is 11.8 Å². The molecule has 0 bridgehead atoms. The Morgan fingerprint density at radius 2 is 1.58 bits per heavy atom. The van der Waals surface area contributed by atoms with Gasteiger partial charge in [-0.1, -0.05) is 72.8 Å². The first kappa shape index (κ1) is 15.1. The van der Waals surface area contributed by atoms with Gasteiger partial charge in [-0.3, -0.25) is 9.89 Å². The zero-order valence-electron chi connectivity index (χ0n) is 14.4. The van der Waals surface area contributed by atoms with Crippen LogP contribution in [0, 0.1) is 0 Å². The lowest BCUT2D eigenvalue weighted by atomic mass is 9.68. The number of fused-ring (bicyclic) bond motifs is 1. The van der Waals surface area contributed by atoms with Crippen LogP contribution in [-0.4, -0.2) is 34.1 Å². The highest BCUT2D eigenvalue weighted by Gasteiger charge is 2.38. The lowest BCUT2D eigenvalue weighted by Gasteiger charge is -2.34. The van der Waals surface area contributed by atoms with E-state index in [1.54, 1.807) is 4.90 Å². The Morgan fingerprint density at radius 1 is 0.962 bits per heavy atom. The fourth-order valence-electron chi connectivity index (χ4n) is 3.86. The summed E-state index contributed by atoms with van der Waals surface area (Å²) in [7, 11) is 0. The molecule has 4 nitrogen and oxygen atoms in total. The van der Waals surface area contributed by atoms with Crippen LogP contribution in [0.25, 0.3) is 6.08 Å². The van der Waals surface area contributed by atoms with E-state index >= 15 is 0 Å². The van der Waals surface area contributed by atoms with Gasteiger partial charge in [0.25, 0.3) is 5.91 Å². The van der Waals surface area contributed by atoms with Crippen LogP contribution in [0.15, 0.2) is 66.7 Å². The molecule has 4 heteroatoms. The molecule has 1 saturated heterocycles. The van der Waals surface area contributed by atoms with Gasteiger partial charge < -0.3 is 4.90 Å². The van der Waals surface area contributed by atoms with Crippen LogP contribution < -0.4 is 0 Å². The molecule has 1 aliphatic carbocycles. The summed E-state index contributed by atoms with van der Waals surface area (Å²) < 4.78 is 0. The molecule has 1 aromatic heterocycles. The number of aromatic amines is 1. The summed E-state index contributed by atoms with van der Waals surface area (Å²) >= 11 is 0. The van der Waals surface area contributed by atoms with Crippen LogP contribution >= 0.6 is 0 Å². The number of H-pyrrole nitrogens is 1. The molecule has 26 heavy (non-hydrogen) atoms. The molecule has 0 spiro atoms. The van der Waals surface area contributed by atoms with Gasteiger partial charge in [0.15, 0.2) is 5.69 Å². The van der Waals surface area contributed by atoms with Crippen LogP contribution in [0.5, 0.6) is 0 Å². The molecule has 1 fully saturated rings. The van der Waals surface area contributed by atoms with E-state index in [2.05, 4.69) is 70.9 Å². The molecule has 3 aromatic rings. The fourth-order valence-corrected chi connectivity index (χ4v) is 3.86. The molecule has 0 radical (unpaired) electrons. The van der Waals surface area contributed by atoms with Gasteiger partial charge in [0, 0.05) is 36.2 Å². The maximum atomic E-state index is 12.5. The molecule has 1 N–H and O–H groups in total. The number of aromatic nitrogens is 2. The first-order chi connectivity index (χ1) is 12.8. The first-order valence-electron chi connectivity index (χ1n) is 8.95. The SMILES string of the molecule is O=C(c1n[nH]c2c1C=CC(c1ccccc1)(c1ccccc1)C2)N1CC1. The third-order valence-electron chi connectivity index (χ3n) is 5.39. The van der Waals surface area contributed by atoms with Gasteiger partial charge in [0.05, 0.1) is 0 Å². The molecular weight excluding hydrogens is 322 g/mol. The van der Waals surface area contributed by atoms with E-state index in [1.165, 1.54) is 11.1 Å². The standard InChI is InChI=1S/C22H19N3O/c26-21(25-13-14-25)20-18-11-12-22(15-19(18)23-24-20,16-7-3-1-4-8-16)17-9-5-2-6-10-17/h1-12H,13-15H2,(H,23,24). The number of hydrogen-bond acceptors (Lipinski definition) is 2. The third-order valence-corrected chi connectivity index (χ3v) is 5.39. The van der Waals surface area contributed by atoms with Crippen molar-refractivity contribution < 1.29 is 4.79 Å². The molecule has 0 unspecified atom stereocenters. The number of allylic oxidation sites excluding steroid dienone is 1. The van der Waals surface area contributed by atoms with E-state index < -0.39 is 0 Å². The second-order valence-electron chi connectivity index (χ2n) is 6.97. The summed E-state index contributed by atoms with van der Waals surface area (Å²) in [5.41, 5.74) is 4.71. The van der Waals surface area contributed by atoms with Gasteiger partial charge in [-0.05, 0) is 11.1 Å². The molecule has 2 heterocycles. The normalized spacial score (nSPS) is 17.0. The highest BCUT2D eigenvalue weighted by molar-refractivity contribution is 5.97. The van der Waals surface area contributed by atoms with E-state index in [9.17, 15) is 4.79 Å². The summed E-state index contributed by atoms with van der Waals surface area (Å²) in [6.45, 7) is 1.67. The van der Waals surface area contributed by atoms with Crippen molar-refractivity contribution in [3.8, 4) is 0 Å². The van der Waals surface area contributed by atoms with E-state index in [1.807, 2.05) is 12.1 Å². The maximum Gasteiger partial charge on any atom is 0.275 e. The number of hydrogen-bond donors (Lipinski definition) is 1. The third kappa shape index (κ3) is 2.30. The molecule has 2 aliphatic rings. The zero-order chi connectivity index (χ0) is 17.6. The smallest absolute Gasteiger partial charge is 0.275 e. The predicted molar refractivity (Wildman–Crippen MR) is 101 cm³/mol. The lowest BCUT2D eigenvalue weighted by Crippen LogP contribution is -2.30. The molecule has 1 amide bonds. The Kier molecular flexibility index (Phi) is 3.32. The van der Waals surface area contributed by atoms with E-state index in [4.69, 9.17) is 0 Å². The van der Waals surface area contributed by atoms with E-state index in [0.717, 1.165) is 30.8 Å². The summed E-state index contributed by atoms with van der Waals surface area (Å²) in [4.78, 5) is 14.3. The van der Waals surface area contributed by atoms with Crippen molar-refractivity contribution in [2.75, 3.05) is 13.1 Å². The Morgan fingerprint density at radius 3 is 2.15 bits per heavy atom. The second kappa shape index (κ2) is 5.70. The molecule has 5 rings (SSSR count).